The normalized spacial score (nSPS) is 10.7. The van der Waals surface area contributed by atoms with E-state index in [1.54, 1.807) is 23.5 Å². The summed E-state index contributed by atoms with van der Waals surface area (Å²) in [6.07, 6.45) is 2.94. The number of carbonyl (C=O) groups is 2. The zero-order valence-corrected chi connectivity index (χ0v) is 12.3. The lowest BCUT2D eigenvalue weighted by molar-refractivity contribution is -0.131. The van der Waals surface area contributed by atoms with Crippen LogP contribution in [0.5, 0.6) is 0 Å². The van der Waals surface area contributed by atoms with Crippen LogP contribution >= 0.6 is 11.3 Å². The number of carboxylic acid groups (broad SMARTS) is 1. The lowest BCUT2D eigenvalue weighted by atomic mass is 10.1. The average Bonchev–Trinajstić information content (AvgIpc) is 2.92. The van der Waals surface area contributed by atoms with Crippen molar-refractivity contribution in [3.63, 3.8) is 0 Å². The molecule has 0 spiro atoms. The highest BCUT2D eigenvalue weighted by Crippen LogP contribution is 2.18. The van der Waals surface area contributed by atoms with Crippen molar-refractivity contribution in [2.24, 2.45) is 0 Å². The second kappa shape index (κ2) is 6.85. The highest BCUT2D eigenvalue weighted by molar-refractivity contribution is 7.10. The van der Waals surface area contributed by atoms with Gasteiger partial charge in [0.05, 0.1) is 6.42 Å². The van der Waals surface area contributed by atoms with Gasteiger partial charge in [-0.25, -0.2) is 4.79 Å². The third-order valence-corrected chi connectivity index (χ3v) is 3.76. The first-order chi connectivity index (χ1) is 10.0. The molecular formula is C16H15NO3S. The number of carbonyl (C=O) groups excluding carboxylic acids is 1. The van der Waals surface area contributed by atoms with Crippen LogP contribution in [0.2, 0.25) is 0 Å². The number of thiophene rings is 1. The molecule has 0 radical (unpaired) electrons. The first kappa shape index (κ1) is 15.0. The van der Waals surface area contributed by atoms with Crippen LogP contribution in [0.4, 0.5) is 5.69 Å². The topological polar surface area (TPSA) is 66.4 Å². The van der Waals surface area contributed by atoms with Crippen LogP contribution in [-0.2, 0) is 16.0 Å². The largest absolute Gasteiger partial charge is 0.478 e. The summed E-state index contributed by atoms with van der Waals surface area (Å²) in [5.41, 5.74) is 2.38. The van der Waals surface area contributed by atoms with E-state index < -0.39 is 5.97 Å². The van der Waals surface area contributed by atoms with Crippen molar-refractivity contribution in [1.82, 2.24) is 0 Å². The Morgan fingerprint density at radius 2 is 2.14 bits per heavy atom. The first-order valence-corrected chi connectivity index (χ1v) is 7.26. The molecule has 0 unspecified atom stereocenters. The number of amides is 1. The minimum absolute atomic E-state index is 0.0885. The first-order valence-electron chi connectivity index (χ1n) is 6.38. The van der Waals surface area contributed by atoms with Gasteiger partial charge < -0.3 is 10.4 Å². The Morgan fingerprint density at radius 1 is 1.33 bits per heavy atom. The number of benzene rings is 1. The molecule has 21 heavy (non-hydrogen) atoms. The molecule has 0 saturated carbocycles. The van der Waals surface area contributed by atoms with Gasteiger partial charge in [-0.2, -0.15) is 0 Å². The van der Waals surface area contributed by atoms with Crippen LogP contribution in [0.1, 0.15) is 16.0 Å². The number of anilines is 1. The number of aliphatic carboxylic acids is 1. The van der Waals surface area contributed by atoms with Crippen LogP contribution in [0.3, 0.4) is 0 Å². The summed E-state index contributed by atoms with van der Waals surface area (Å²) in [5.74, 6) is -1.09. The van der Waals surface area contributed by atoms with Crippen LogP contribution in [0, 0.1) is 6.92 Å². The van der Waals surface area contributed by atoms with Crippen molar-refractivity contribution >= 4 is 35.0 Å². The molecule has 0 aliphatic rings. The highest BCUT2D eigenvalue weighted by Gasteiger charge is 2.06. The molecule has 0 aliphatic heterocycles. The number of rotatable bonds is 5. The van der Waals surface area contributed by atoms with Gasteiger partial charge in [0.25, 0.3) is 0 Å². The fourth-order valence-corrected chi connectivity index (χ4v) is 2.54. The second-order valence-corrected chi connectivity index (χ2v) is 5.58. The number of hydrogen-bond donors (Lipinski definition) is 2. The zero-order valence-electron chi connectivity index (χ0n) is 11.5. The van der Waals surface area contributed by atoms with Gasteiger partial charge in [0, 0.05) is 16.6 Å². The Balaban J connectivity index is 2.08. The van der Waals surface area contributed by atoms with E-state index in [1.807, 2.05) is 30.5 Å². The van der Waals surface area contributed by atoms with Gasteiger partial charge in [0.2, 0.25) is 5.91 Å². The predicted molar refractivity (Wildman–Crippen MR) is 84.5 cm³/mol. The maximum absolute atomic E-state index is 11.9. The van der Waals surface area contributed by atoms with Crippen molar-refractivity contribution in [2.75, 3.05) is 5.32 Å². The maximum atomic E-state index is 11.9. The number of carboxylic acids is 1. The Hall–Kier alpha value is -2.40. The average molecular weight is 301 g/mol. The number of hydrogen-bond acceptors (Lipinski definition) is 3. The molecule has 1 amide bonds. The number of aryl methyl sites for hydroxylation is 1. The molecule has 4 nitrogen and oxygen atoms in total. The van der Waals surface area contributed by atoms with Gasteiger partial charge in [0.1, 0.15) is 0 Å². The summed E-state index contributed by atoms with van der Waals surface area (Å²) >= 11 is 1.54. The third-order valence-electron chi connectivity index (χ3n) is 2.88. The molecule has 1 aromatic carbocycles. The Bertz CT molecular complexity index is 675. The summed E-state index contributed by atoms with van der Waals surface area (Å²) in [5, 5.41) is 13.4. The van der Waals surface area contributed by atoms with Gasteiger partial charge in [-0.05, 0) is 47.7 Å². The summed E-state index contributed by atoms with van der Waals surface area (Å²) in [6, 6.07) is 9.25. The number of nitrogens with one attached hydrogen (secondary N) is 1. The van der Waals surface area contributed by atoms with E-state index in [1.165, 1.54) is 6.08 Å². The lowest BCUT2D eigenvalue weighted by Gasteiger charge is -2.07. The van der Waals surface area contributed by atoms with E-state index in [0.717, 1.165) is 22.1 Å². The quantitative estimate of drug-likeness (QED) is 0.832. The van der Waals surface area contributed by atoms with Crippen LogP contribution in [0.25, 0.3) is 6.08 Å². The van der Waals surface area contributed by atoms with E-state index in [9.17, 15) is 9.59 Å². The lowest BCUT2D eigenvalue weighted by Crippen LogP contribution is -2.13. The molecular weight excluding hydrogens is 286 g/mol. The van der Waals surface area contributed by atoms with E-state index in [4.69, 9.17) is 5.11 Å². The molecule has 0 bridgehead atoms. The monoisotopic (exact) mass is 301 g/mol. The van der Waals surface area contributed by atoms with Gasteiger partial charge in [-0.1, -0.05) is 12.1 Å². The fraction of sp³-hybridized carbons (Fsp3) is 0.125. The molecule has 0 fully saturated rings. The minimum atomic E-state index is -0.999. The van der Waals surface area contributed by atoms with E-state index in [0.29, 0.717) is 12.1 Å². The molecule has 2 aromatic rings. The summed E-state index contributed by atoms with van der Waals surface area (Å²) in [7, 11) is 0. The standard InChI is InChI=1S/C16H15NO3S/c1-11-4-6-13(9-12(11)5-7-16(19)20)17-15(18)10-14-3-2-8-21-14/h2-9H,10H2,1H3,(H,17,18)(H,19,20). The van der Waals surface area contributed by atoms with E-state index in [-0.39, 0.29) is 5.91 Å². The summed E-state index contributed by atoms with van der Waals surface area (Å²) < 4.78 is 0. The Kier molecular flexibility index (Phi) is 4.90. The van der Waals surface area contributed by atoms with Crippen molar-refractivity contribution < 1.29 is 14.7 Å². The molecule has 1 heterocycles. The predicted octanol–water partition coefficient (Wildman–Crippen LogP) is 3.34. The van der Waals surface area contributed by atoms with E-state index >= 15 is 0 Å². The second-order valence-electron chi connectivity index (χ2n) is 4.55. The molecule has 0 aliphatic carbocycles. The van der Waals surface area contributed by atoms with Crippen molar-refractivity contribution in [3.8, 4) is 0 Å². The molecule has 1 aromatic heterocycles. The molecule has 5 heteroatoms. The fourth-order valence-electron chi connectivity index (χ4n) is 1.84. The van der Waals surface area contributed by atoms with Crippen LogP contribution in [0.15, 0.2) is 41.8 Å². The summed E-state index contributed by atoms with van der Waals surface area (Å²) in [4.78, 5) is 23.5. The zero-order chi connectivity index (χ0) is 15.2. The van der Waals surface area contributed by atoms with E-state index in [2.05, 4.69) is 5.32 Å². The van der Waals surface area contributed by atoms with Gasteiger partial charge in [-0.15, -0.1) is 11.3 Å². The molecule has 2 rings (SSSR count). The van der Waals surface area contributed by atoms with Crippen LogP contribution < -0.4 is 5.32 Å². The molecule has 108 valence electrons. The van der Waals surface area contributed by atoms with Gasteiger partial charge in [0.15, 0.2) is 0 Å². The van der Waals surface area contributed by atoms with Gasteiger partial charge >= 0.3 is 5.97 Å². The Labute approximate surface area is 126 Å². The molecule has 0 atom stereocenters. The third kappa shape index (κ3) is 4.57. The summed E-state index contributed by atoms with van der Waals surface area (Å²) in [6.45, 7) is 1.89. The van der Waals surface area contributed by atoms with Crippen molar-refractivity contribution in [2.45, 2.75) is 13.3 Å². The minimum Gasteiger partial charge on any atom is -0.478 e. The SMILES string of the molecule is Cc1ccc(NC(=O)Cc2cccs2)cc1C=CC(=O)O. The highest BCUT2D eigenvalue weighted by atomic mass is 32.1. The smallest absolute Gasteiger partial charge is 0.328 e. The Morgan fingerprint density at radius 3 is 2.81 bits per heavy atom. The van der Waals surface area contributed by atoms with Crippen molar-refractivity contribution in [3.05, 3.63) is 57.8 Å². The van der Waals surface area contributed by atoms with Gasteiger partial charge in [-0.3, -0.25) is 4.79 Å². The maximum Gasteiger partial charge on any atom is 0.328 e. The van der Waals surface area contributed by atoms with Crippen LogP contribution in [-0.4, -0.2) is 17.0 Å². The molecule has 2 N–H and O–H groups in total. The molecule has 0 saturated heterocycles. The van der Waals surface area contributed by atoms with Crippen molar-refractivity contribution in [1.29, 1.82) is 0 Å².